The van der Waals surface area contributed by atoms with Crippen LogP contribution >= 0.6 is 0 Å². The second kappa shape index (κ2) is 9.73. The number of anilines is 1. The maximum absolute atomic E-state index is 11.4. The third-order valence-electron chi connectivity index (χ3n) is 4.25. The summed E-state index contributed by atoms with van der Waals surface area (Å²) in [5.41, 5.74) is 2.18. The number of aliphatic carboxylic acids is 1. The molecule has 0 radical (unpaired) electrons. The van der Waals surface area contributed by atoms with E-state index in [1.165, 1.54) is 18.2 Å². The van der Waals surface area contributed by atoms with E-state index in [-0.39, 0.29) is 30.4 Å². The highest BCUT2D eigenvalue weighted by molar-refractivity contribution is 7.92. The SMILES string of the molecule is C[C@H](Cc1cccc(CC(=O)O)c1)NC[C@H](O)c1ccc(O)c(NS(C)(=O)=O)c1. The number of carbonyl (C=O) groups is 1. The fourth-order valence-electron chi connectivity index (χ4n) is 2.94. The standard InChI is InChI=1S/C20H26N2O6S/c1-13(8-14-4-3-5-15(9-14)10-20(25)26)21-12-19(24)16-6-7-18(23)17(11-16)22-29(2,27)28/h3-7,9,11,13,19,21-24H,8,10,12H2,1-2H3,(H,25,26)/t13-,19+/m1/s1. The Morgan fingerprint density at radius 1 is 1.14 bits per heavy atom. The smallest absolute Gasteiger partial charge is 0.307 e. The monoisotopic (exact) mass is 422 g/mol. The molecule has 9 heteroatoms. The van der Waals surface area contributed by atoms with Gasteiger partial charge in [-0.05, 0) is 42.2 Å². The van der Waals surface area contributed by atoms with E-state index in [2.05, 4.69) is 10.0 Å². The van der Waals surface area contributed by atoms with Crippen molar-refractivity contribution < 1.29 is 28.5 Å². The van der Waals surface area contributed by atoms with Gasteiger partial charge in [-0.1, -0.05) is 30.3 Å². The second-order valence-corrected chi connectivity index (χ2v) is 8.82. The molecule has 2 aromatic carbocycles. The van der Waals surface area contributed by atoms with Crippen LogP contribution in [0.3, 0.4) is 0 Å². The van der Waals surface area contributed by atoms with Crippen molar-refractivity contribution in [3.8, 4) is 5.75 Å². The summed E-state index contributed by atoms with van der Waals surface area (Å²) in [6, 6.07) is 11.6. The summed E-state index contributed by atoms with van der Waals surface area (Å²) < 4.78 is 25.0. The van der Waals surface area contributed by atoms with Crippen LogP contribution in [0, 0.1) is 0 Å². The number of hydrogen-bond acceptors (Lipinski definition) is 6. The van der Waals surface area contributed by atoms with E-state index < -0.39 is 22.1 Å². The first kappa shape index (κ1) is 22.7. The van der Waals surface area contributed by atoms with Gasteiger partial charge in [0.2, 0.25) is 10.0 Å². The van der Waals surface area contributed by atoms with Crippen LogP contribution in [0.5, 0.6) is 5.75 Å². The van der Waals surface area contributed by atoms with Crippen molar-refractivity contribution in [2.45, 2.75) is 31.9 Å². The predicted octanol–water partition coefficient (Wildman–Crippen LogP) is 1.64. The molecule has 8 nitrogen and oxygen atoms in total. The van der Waals surface area contributed by atoms with E-state index in [0.29, 0.717) is 12.0 Å². The molecule has 0 spiro atoms. The number of phenolic OH excluding ortho intramolecular Hbond substituents is 1. The Morgan fingerprint density at radius 2 is 1.83 bits per heavy atom. The average molecular weight is 423 g/mol. The number of aliphatic hydroxyl groups excluding tert-OH is 1. The Bertz CT molecular complexity index is 961. The highest BCUT2D eigenvalue weighted by atomic mass is 32.2. The molecule has 0 saturated heterocycles. The van der Waals surface area contributed by atoms with E-state index in [0.717, 1.165) is 17.4 Å². The molecule has 2 atom stereocenters. The Morgan fingerprint density at radius 3 is 2.48 bits per heavy atom. The lowest BCUT2D eigenvalue weighted by molar-refractivity contribution is -0.136. The highest BCUT2D eigenvalue weighted by Gasteiger charge is 2.14. The van der Waals surface area contributed by atoms with Crippen molar-refractivity contribution in [1.29, 1.82) is 0 Å². The molecular formula is C20H26N2O6S. The van der Waals surface area contributed by atoms with Gasteiger partial charge in [0.05, 0.1) is 24.5 Å². The van der Waals surface area contributed by atoms with Crippen LogP contribution < -0.4 is 10.0 Å². The molecule has 0 heterocycles. The number of aliphatic hydroxyl groups is 1. The van der Waals surface area contributed by atoms with Crippen molar-refractivity contribution in [3.63, 3.8) is 0 Å². The van der Waals surface area contributed by atoms with E-state index in [4.69, 9.17) is 5.11 Å². The van der Waals surface area contributed by atoms with Gasteiger partial charge < -0.3 is 20.6 Å². The molecule has 5 N–H and O–H groups in total. The average Bonchev–Trinajstić information content (AvgIpc) is 2.60. The van der Waals surface area contributed by atoms with Crippen molar-refractivity contribution in [3.05, 3.63) is 59.2 Å². The van der Waals surface area contributed by atoms with Gasteiger partial charge in [0.25, 0.3) is 0 Å². The van der Waals surface area contributed by atoms with Crippen LogP contribution in [0.25, 0.3) is 0 Å². The summed E-state index contributed by atoms with van der Waals surface area (Å²) in [5.74, 6) is -1.11. The van der Waals surface area contributed by atoms with Gasteiger partial charge in [-0.2, -0.15) is 0 Å². The number of rotatable bonds is 10. The molecule has 0 bridgehead atoms. The van der Waals surface area contributed by atoms with E-state index in [1.807, 2.05) is 25.1 Å². The number of carboxylic acids is 1. The molecule has 0 aliphatic heterocycles. The van der Waals surface area contributed by atoms with Crippen LogP contribution in [0.1, 0.15) is 29.7 Å². The maximum Gasteiger partial charge on any atom is 0.307 e. The lowest BCUT2D eigenvalue weighted by atomic mass is 10.0. The quantitative estimate of drug-likeness (QED) is 0.367. The third-order valence-corrected chi connectivity index (χ3v) is 4.84. The Kier molecular flexibility index (Phi) is 7.60. The van der Waals surface area contributed by atoms with Crippen LogP contribution in [0.2, 0.25) is 0 Å². The largest absolute Gasteiger partial charge is 0.506 e. The van der Waals surface area contributed by atoms with E-state index in [1.54, 1.807) is 6.07 Å². The summed E-state index contributed by atoms with van der Waals surface area (Å²) in [6.07, 6.45) is 0.691. The van der Waals surface area contributed by atoms with Crippen molar-refractivity contribution in [1.82, 2.24) is 5.32 Å². The van der Waals surface area contributed by atoms with E-state index >= 15 is 0 Å². The number of carboxylic acid groups (broad SMARTS) is 1. The number of sulfonamides is 1. The second-order valence-electron chi connectivity index (χ2n) is 7.07. The summed E-state index contributed by atoms with van der Waals surface area (Å²) in [6.45, 7) is 2.17. The molecule has 2 aromatic rings. The van der Waals surface area contributed by atoms with Gasteiger partial charge in [0.15, 0.2) is 0 Å². The van der Waals surface area contributed by atoms with Crippen LogP contribution in [0.4, 0.5) is 5.69 Å². The van der Waals surface area contributed by atoms with Crippen molar-refractivity contribution in [2.75, 3.05) is 17.5 Å². The highest BCUT2D eigenvalue weighted by Crippen LogP contribution is 2.27. The van der Waals surface area contributed by atoms with E-state index in [9.17, 15) is 23.4 Å². The van der Waals surface area contributed by atoms with Crippen molar-refractivity contribution in [2.24, 2.45) is 0 Å². The molecule has 29 heavy (non-hydrogen) atoms. The minimum absolute atomic E-state index is 0.00680. The predicted molar refractivity (Wildman–Crippen MR) is 110 cm³/mol. The maximum atomic E-state index is 11.4. The van der Waals surface area contributed by atoms with Gasteiger partial charge in [-0.25, -0.2) is 8.42 Å². The van der Waals surface area contributed by atoms with Gasteiger partial charge >= 0.3 is 5.97 Å². The topological polar surface area (TPSA) is 136 Å². The molecule has 158 valence electrons. The lowest BCUT2D eigenvalue weighted by Gasteiger charge is -2.19. The normalized spacial score (nSPS) is 13.6. The van der Waals surface area contributed by atoms with Gasteiger partial charge in [0, 0.05) is 12.6 Å². The number of hydrogen-bond donors (Lipinski definition) is 5. The zero-order chi connectivity index (χ0) is 21.6. The molecule has 0 unspecified atom stereocenters. The summed E-state index contributed by atoms with van der Waals surface area (Å²) in [4.78, 5) is 10.8. The fraction of sp³-hybridized carbons (Fsp3) is 0.350. The molecule has 0 fully saturated rings. The zero-order valence-electron chi connectivity index (χ0n) is 16.3. The minimum Gasteiger partial charge on any atom is -0.506 e. The molecule has 0 aromatic heterocycles. The molecule has 0 saturated carbocycles. The lowest BCUT2D eigenvalue weighted by Crippen LogP contribution is -2.32. The minimum atomic E-state index is -3.56. The van der Waals surface area contributed by atoms with Crippen LogP contribution in [-0.4, -0.2) is 48.5 Å². The molecule has 0 aliphatic rings. The number of nitrogens with one attached hydrogen (secondary N) is 2. The third kappa shape index (κ3) is 7.72. The molecule has 0 amide bonds. The number of benzene rings is 2. The first-order valence-electron chi connectivity index (χ1n) is 9.05. The number of phenols is 1. The first-order valence-corrected chi connectivity index (χ1v) is 10.9. The molecule has 0 aliphatic carbocycles. The van der Waals surface area contributed by atoms with Crippen LogP contribution in [-0.2, 0) is 27.7 Å². The zero-order valence-corrected chi connectivity index (χ0v) is 17.1. The fourth-order valence-corrected chi connectivity index (χ4v) is 3.50. The van der Waals surface area contributed by atoms with Gasteiger partial charge in [-0.15, -0.1) is 0 Å². The summed E-state index contributed by atoms with van der Waals surface area (Å²) in [5, 5.41) is 32.3. The van der Waals surface area contributed by atoms with Crippen LogP contribution in [0.15, 0.2) is 42.5 Å². The summed E-state index contributed by atoms with van der Waals surface area (Å²) in [7, 11) is -3.56. The first-order chi connectivity index (χ1) is 13.5. The van der Waals surface area contributed by atoms with Gasteiger partial charge in [-0.3, -0.25) is 9.52 Å². The summed E-state index contributed by atoms with van der Waals surface area (Å²) >= 11 is 0. The molecular weight excluding hydrogens is 396 g/mol. The number of aromatic hydroxyl groups is 1. The van der Waals surface area contributed by atoms with Gasteiger partial charge in [0.1, 0.15) is 5.75 Å². The Labute approximate surface area is 170 Å². The Balaban J connectivity index is 1.95. The Hall–Kier alpha value is -2.62. The van der Waals surface area contributed by atoms with Crippen molar-refractivity contribution >= 4 is 21.7 Å². The molecule has 2 rings (SSSR count).